The van der Waals surface area contributed by atoms with Crippen molar-refractivity contribution in [3.63, 3.8) is 0 Å². The minimum absolute atomic E-state index is 0.248. The molecule has 0 aliphatic rings. The van der Waals surface area contributed by atoms with Gasteiger partial charge in [-0.2, -0.15) is 0 Å². The second-order valence-corrected chi connectivity index (χ2v) is 3.32. The largest absolute Gasteiger partial charge is 0.255 e. The predicted octanol–water partition coefficient (Wildman–Crippen LogP) is 3.14. The summed E-state index contributed by atoms with van der Waals surface area (Å²) >= 11 is 3.25. The number of halogens is 2. The van der Waals surface area contributed by atoms with Gasteiger partial charge in [0, 0.05) is 16.1 Å². The van der Waals surface area contributed by atoms with Gasteiger partial charge in [0.05, 0.1) is 5.52 Å². The van der Waals surface area contributed by atoms with Gasteiger partial charge in [-0.05, 0) is 34.1 Å². The van der Waals surface area contributed by atoms with Crippen LogP contribution in [0.3, 0.4) is 0 Å². The standard InChI is InChI=1S/C9H5BrFN/c10-8-5-7(11)4-6-2-1-3-12-9(6)8/h1-5H. The molecule has 3 heteroatoms. The lowest BCUT2D eigenvalue weighted by atomic mass is 10.2. The lowest BCUT2D eigenvalue weighted by Gasteiger charge is -1.98. The van der Waals surface area contributed by atoms with E-state index < -0.39 is 0 Å². The summed E-state index contributed by atoms with van der Waals surface area (Å²) < 4.78 is 13.5. The number of benzene rings is 1. The van der Waals surface area contributed by atoms with Crippen molar-refractivity contribution in [3.8, 4) is 0 Å². The van der Waals surface area contributed by atoms with Crippen molar-refractivity contribution in [2.75, 3.05) is 0 Å². The van der Waals surface area contributed by atoms with Crippen molar-refractivity contribution in [1.82, 2.24) is 4.98 Å². The highest BCUT2D eigenvalue weighted by Gasteiger charge is 2.00. The molecule has 0 unspecified atom stereocenters. The summed E-state index contributed by atoms with van der Waals surface area (Å²) in [4.78, 5) is 4.11. The lowest BCUT2D eigenvalue weighted by Crippen LogP contribution is -1.81. The van der Waals surface area contributed by atoms with Gasteiger partial charge >= 0.3 is 0 Å². The van der Waals surface area contributed by atoms with E-state index in [2.05, 4.69) is 20.9 Å². The molecule has 0 amide bonds. The van der Waals surface area contributed by atoms with E-state index in [0.717, 1.165) is 10.9 Å². The van der Waals surface area contributed by atoms with Crippen LogP contribution >= 0.6 is 15.9 Å². The van der Waals surface area contributed by atoms with E-state index in [1.165, 1.54) is 12.1 Å². The first-order valence-corrected chi connectivity index (χ1v) is 4.26. The maximum absolute atomic E-state index is 12.8. The molecule has 2 aromatic rings. The highest BCUT2D eigenvalue weighted by molar-refractivity contribution is 9.10. The lowest BCUT2D eigenvalue weighted by molar-refractivity contribution is 0.629. The molecular formula is C9H5BrFN. The number of hydrogen-bond donors (Lipinski definition) is 0. The maximum atomic E-state index is 12.8. The van der Waals surface area contributed by atoms with Crippen molar-refractivity contribution >= 4 is 26.8 Å². The molecule has 1 aromatic carbocycles. The Bertz CT molecular complexity index is 428. The summed E-state index contributed by atoms with van der Waals surface area (Å²) in [6.45, 7) is 0. The van der Waals surface area contributed by atoms with E-state index in [1.54, 1.807) is 12.3 Å². The van der Waals surface area contributed by atoms with Gasteiger partial charge in [-0.1, -0.05) is 6.07 Å². The van der Waals surface area contributed by atoms with Crippen LogP contribution in [0.5, 0.6) is 0 Å². The summed E-state index contributed by atoms with van der Waals surface area (Å²) in [7, 11) is 0. The fourth-order valence-electron chi connectivity index (χ4n) is 1.11. The molecule has 12 heavy (non-hydrogen) atoms. The van der Waals surface area contributed by atoms with E-state index in [4.69, 9.17) is 0 Å². The zero-order chi connectivity index (χ0) is 8.55. The molecule has 0 aliphatic heterocycles. The minimum Gasteiger partial charge on any atom is -0.255 e. The third-order valence-corrected chi connectivity index (χ3v) is 2.23. The van der Waals surface area contributed by atoms with E-state index in [0.29, 0.717) is 4.47 Å². The van der Waals surface area contributed by atoms with Gasteiger partial charge in [-0.15, -0.1) is 0 Å². The predicted molar refractivity (Wildman–Crippen MR) is 49.4 cm³/mol. The van der Waals surface area contributed by atoms with Crippen molar-refractivity contribution in [1.29, 1.82) is 0 Å². The Balaban J connectivity index is 2.89. The number of rotatable bonds is 0. The zero-order valence-corrected chi connectivity index (χ0v) is 7.68. The van der Waals surface area contributed by atoms with Gasteiger partial charge < -0.3 is 0 Å². The molecule has 1 aromatic heterocycles. The van der Waals surface area contributed by atoms with Gasteiger partial charge in [0.15, 0.2) is 0 Å². The molecule has 0 atom stereocenters. The van der Waals surface area contributed by atoms with Crippen LogP contribution in [-0.4, -0.2) is 4.98 Å². The van der Waals surface area contributed by atoms with Gasteiger partial charge in [0.2, 0.25) is 0 Å². The molecule has 0 fully saturated rings. The van der Waals surface area contributed by atoms with Crippen molar-refractivity contribution in [2.24, 2.45) is 0 Å². The molecule has 0 spiro atoms. The Morgan fingerprint density at radius 3 is 3.00 bits per heavy atom. The third kappa shape index (κ3) is 1.20. The van der Waals surface area contributed by atoms with Crippen LogP contribution in [0.1, 0.15) is 0 Å². The van der Waals surface area contributed by atoms with Crippen LogP contribution in [0.15, 0.2) is 34.9 Å². The smallest absolute Gasteiger partial charge is 0.125 e. The molecule has 1 heterocycles. The monoisotopic (exact) mass is 225 g/mol. The number of nitrogens with zero attached hydrogens (tertiary/aromatic N) is 1. The normalized spacial score (nSPS) is 10.5. The first-order chi connectivity index (χ1) is 5.77. The highest BCUT2D eigenvalue weighted by atomic mass is 79.9. The van der Waals surface area contributed by atoms with Gasteiger partial charge in [0.25, 0.3) is 0 Å². The molecule has 0 saturated carbocycles. The summed E-state index contributed by atoms with van der Waals surface area (Å²) in [5.41, 5.74) is 0.791. The van der Waals surface area contributed by atoms with Crippen LogP contribution in [0.2, 0.25) is 0 Å². The van der Waals surface area contributed by atoms with Crippen LogP contribution < -0.4 is 0 Å². The molecular weight excluding hydrogens is 221 g/mol. The molecule has 0 bridgehead atoms. The number of hydrogen-bond acceptors (Lipinski definition) is 1. The van der Waals surface area contributed by atoms with Crippen LogP contribution in [0, 0.1) is 5.82 Å². The van der Waals surface area contributed by atoms with Crippen LogP contribution in [-0.2, 0) is 0 Å². The Hall–Kier alpha value is -0.960. The fourth-order valence-corrected chi connectivity index (χ4v) is 1.66. The quantitative estimate of drug-likeness (QED) is 0.672. The second kappa shape index (κ2) is 2.83. The molecule has 0 aliphatic carbocycles. The Morgan fingerprint density at radius 1 is 1.33 bits per heavy atom. The van der Waals surface area contributed by atoms with Gasteiger partial charge in [0.1, 0.15) is 5.82 Å². The third-order valence-electron chi connectivity index (χ3n) is 1.62. The summed E-state index contributed by atoms with van der Waals surface area (Å²) in [6, 6.07) is 6.49. The van der Waals surface area contributed by atoms with E-state index in [-0.39, 0.29) is 5.82 Å². The molecule has 60 valence electrons. The molecule has 0 saturated heterocycles. The molecule has 0 radical (unpaired) electrons. The van der Waals surface area contributed by atoms with Crippen LogP contribution in [0.25, 0.3) is 10.9 Å². The van der Waals surface area contributed by atoms with Gasteiger partial charge in [-0.25, -0.2) is 4.39 Å². The summed E-state index contributed by atoms with van der Waals surface area (Å²) in [5, 5.41) is 0.810. The van der Waals surface area contributed by atoms with Crippen molar-refractivity contribution in [2.45, 2.75) is 0 Å². The van der Waals surface area contributed by atoms with E-state index in [1.807, 2.05) is 6.07 Å². The van der Waals surface area contributed by atoms with Crippen molar-refractivity contribution in [3.05, 3.63) is 40.8 Å². The van der Waals surface area contributed by atoms with Gasteiger partial charge in [-0.3, -0.25) is 4.98 Å². The molecule has 1 nitrogen and oxygen atoms in total. The minimum atomic E-state index is -0.248. The topological polar surface area (TPSA) is 12.9 Å². The Labute approximate surface area is 77.4 Å². The average Bonchev–Trinajstić information content (AvgIpc) is 2.04. The highest BCUT2D eigenvalue weighted by Crippen LogP contribution is 2.22. The average molecular weight is 226 g/mol. The molecule has 0 N–H and O–H groups in total. The maximum Gasteiger partial charge on any atom is 0.125 e. The number of fused-ring (bicyclic) bond motifs is 1. The van der Waals surface area contributed by atoms with E-state index in [9.17, 15) is 4.39 Å². The summed E-state index contributed by atoms with van der Waals surface area (Å²) in [6.07, 6.45) is 1.69. The van der Waals surface area contributed by atoms with E-state index >= 15 is 0 Å². The number of pyridine rings is 1. The second-order valence-electron chi connectivity index (χ2n) is 2.46. The molecule has 2 rings (SSSR count). The summed E-state index contributed by atoms with van der Waals surface area (Å²) in [5.74, 6) is -0.248. The fraction of sp³-hybridized carbons (Fsp3) is 0. The zero-order valence-electron chi connectivity index (χ0n) is 6.09. The Kier molecular flexibility index (Phi) is 1.81. The first-order valence-electron chi connectivity index (χ1n) is 3.47. The van der Waals surface area contributed by atoms with Crippen LogP contribution in [0.4, 0.5) is 4.39 Å². The SMILES string of the molecule is Fc1cc(Br)c2ncccc2c1. The van der Waals surface area contributed by atoms with Crippen molar-refractivity contribution < 1.29 is 4.39 Å². The Morgan fingerprint density at radius 2 is 2.17 bits per heavy atom. The first kappa shape index (κ1) is 7.68. The number of aromatic nitrogens is 1.